The first-order valence-corrected chi connectivity index (χ1v) is 9.27. The molecule has 1 saturated heterocycles. The molecule has 0 spiro atoms. The highest BCUT2D eigenvalue weighted by Gasteiger charge is 2.52. The third-order valence-electron chi connectivity index (χ3n) is 4.47. The molecule has 6 nitrogen and oxygen atoms in total. The number of unbranched alkanes of at least 4 members (excludes halogenated alkanes) is 1. The molecule has 1 N–H and O–H groups in total. The summed E-state index contributed by atoms with van der Waals surface area (Å²) in [6.45, 7) is 4.23. The van der Waals surface area contributed by atoms with E-state index in [1.54, 1.807) is 12.8 Å². The molecule has 1 aliphatic heterocycles. The third-order valence-corrected chi connectivity index (χ3v) is 4.96. The standard InChI is InChI=1S/C19H21BrN3O3/c1-3-4-8-22-16(24)10-19(2)17(25)15(11-21)18(26)23(19)12-13-6-5-7-14(20)9-13/h5-7,9H,3-4,8,10,12H2,1-2H3,(H,22,24)/q-1. The Labute approximate surface area is 161 Å². The maximum absolute atomic E-state index is 12.7. The number of rotatable bonds is 7. The Bertz CT molecular complexity index is 786. The van der Waals surface area contributed by atoms with Crippen LogP contribution in [0, 0.1) is 0 Å². The molecule has 7 heteroatoms. The van der Waals surface area contributed by atoms with Crippen molar-refractivity contribution in [3.05, 3.63) is 45.3 Å². The van der Waals surface area contributed by atoms with Gasteiger partial charge < -0.3 is 15.6 Å². The number of likely N-dealkylation sites (tertiary alicyclic amines) is 1. The highest BCUT2D eigenvalue weighted by atomic mass is 79.9. The molecule has 2 rings (SSSR count). The van der Waals surface area contributed by atoms with E-state index in [1.165, 1.54) is 4.90 Å². The number of nitrogens with one attached hydrogen (secondary N) is 1. The number of hydrogen-bond acceptors (Lipinski definition) is 3. The van der Waals surface area contributed by atoms with Gasteiger partial charge in [0.1, 0.15) is 11.1 Å². The highest BCUT2D eigenvalue weighted by molar-refractivity contribution is 9.10. The van der Waals surface area contributed by atoms with Crippen molar-refractivity contribution in [2.45, 2.75) is 45.2 Å². The molecule has 0 aliphatic carbocycles. The van der Waals surface area contributed by atoms with E-state index in [-0.39, 0.29) is 18.9 Å². The Balaban J connectivity index is 2.29. The lowest BCUT2D eigenvalue weighted by Crippen LogP contribution is -2.49. The molecule has 0 radical (unpaired) electrons. The number of halogens is 1. The normalized spacial score (nSPS) is 19.7. The van der Waals surface area contributed by atoms with E-state index in [0.29, 0.717) is 6.54 Å². The second kappa shape index (κ2) is 8.43. The van der Waals surface area contributed by atoms with Gasteiger partial charge in [0, 0.05) is 17.6 Å². The summed E-state index contributed by atoms with van der Waals surface area (Å²) >= 11 is 3.38. The van der Waals surface area contributed by atoms with Crippen molar-refractivity contribution in [1.29, 1.82) is 0 Å². The van der Waals surface area contributed by atoms with Crippen LogP contribution >= 0.6 is 15.9 Å². The topological polar surface area (TPSA) is 88.8 Å². The quantitative estimate of drug-likeness (QED) is 0.319. The van der Waals surface area contributed by atoms with E-state index in [0.717, 1.165) is 22.9 Å². The number of carbonyl (C=O) groups is 3. The molecule has 0 aromatic heterocycles. The van der Waals surface area contributed by atoms with Crippen molar-refractivity contribution < 1.29 is 14.4 Å². The van der Waals surface area contributed by atoms with Gasteiger partial charge in [0.05, 0.1) is 6.42 Å². The molecule has 2 amide bonds. The van der Waals surface area contributed by atoms with Crippen molar-refractivity contribution in [2.24, 2.45) is 0 Å². The number of benzene rings is 1. The molecule has 1 aliphatic rings. The smallest absolute Gasteiger partial charge is 0.264 e. The van der Waals surface area contributed by atoms with Gasteiger partial charge in [-0.25, -0.2) is 0 Å². The van der Waals surface area contributed by atoms with Crippen molar-refractivity contribution in [2.75, 3.05) is 6.54 Å². The molecule has 26 heavy (non-hydrogen) atoms. The number of amides is 2. The van der Waals surface area contributed by atoms with E-state index < -0.39 is 22.8 Å². The maximum Gasteiger partial charge on any atom is 0.264 e. The van der Waals surface area contributed by atoms with E-state index in [9.17, 15) is 19.8 Å². The summed E-state index contributed by atoms with van der Waals surface area (Å²) in [5.41, 5.74) is -0.970. The maximum atomic E-state index is 12.7. The molecule has 1 atom stereocenters. The molecule has 1 aromatic rings. The minimum Gasteiger partial charge on any atom is -0.763 e. The summed E-state index contributed by atoms with van der Waals surface area (Å²) in [6.07, 6.45) is 1.61. The van der Waals surface area contributed by atoms with Gasteiger partial charge in [-0.1, -0.05) is 41.4 Å². The zero-order chi connectivity index (χ0) is 19.3. The molecule has 1 heterocycles. The molecule has 138 valence electrons. The summed E-state index contributed by atoms with van der Waals surface area (Å²) in [5.74, 6) is 0.185. The summed E-state index contributed by atoms with van der Waals surface area (Å²) in [5, 5.41) is 12.0. The van der Waals surface area contributed by atoms with E-state index in [4.69, 9.17) is 0 Å². The van der Waals surface area contributed by atoms with Crippen LogP contribution in [0.4, 0.5) is 0 Å². The Morgan fingerprint density at radius 3 is 2.73 bits per heavy atom. The van der Waals surface area contributed by atoms with E-state index >= 15 is 0 Å². The molecule has 1 aromatic carbocycles. The highest BCUT2D eigenvalue weighted by Crippen LogP contribution is 2.34. The van der Waals surface area contributed by atoms with Crippen LogP contribution in [0.5, 0.6) is 0 Å². The second-order valence-corrected chi connectivity index (χ2v) is 7.41. The number of carbonyl (C=O) groups excluding carboxylic acids is 3. The number of ketones is 1. The molecular weight excluding hydrogens is 398 g/mol. The molecule has 0 bridgehead atoms. The fourth-order valence-electron chi connectivity index (χ4n) is 2.97. The fraction of sp³-hybridized carbons (Fsp3) is 0.421. The second-order valence-electron chi connectivity index (χ2n) is 6.49. The monoisotopic (exact) mass is 418 g/mol. The SMILES string of the molecule is CCCCNC(=O)CC1(C)C(=O)C(=C=[N-])C(=O)N1Cc1cccc(Br)c1. The van der Waals surface area contributed by atoms with Crippen LogP contribution in [-0.4, -0.2) is 40.5 Å². The Kier molecular flexibility index (Phi) is 6.51. The van der Waals surface area contributed by atoms with Crippen molar-refractivity contribution in [3.63, 3.8) is 0 Å². The zero-order valence-electron chi connectivity index (χ0n) is 14.8. The van der Waals surface area contributed by atoms with Crippen LogP contribution in [0.2, 0.25) is 0 Å². The molecular formula is C19H21BrN3O3-. The first kappa shape index (κ1) is 20.1. The lowest BCUT2D eigenvalue weighted by atomic mass is 9.91. The zero-order valence-corrected chi connectivity index (χ0v) is 16.4. The van der Waals surface area contributed by atoms with Gasteiger partial charge in [0.2, 0.25) is 5.91 Å². The summed E-state index contributed by atoms with van der Waals surface area (Å²) in [6, 6.07) is 7.34. The molecule has 1 fully saturated rings. The third kappa shape index (κ3) is 4.11. The summed E-state index contributed by atoms with van der Waals surface area (Å²) in [7, 11) is 0. The van der Waals surface area contributed by atoms with Crippen molar-refractivity contribution in [1.82, 2.24) is 10.2 Å². The van der Waals surface area contributed by atoms with Crippen LogP contribution in [0.25, 0.3) is 5.41 Å². The number of hydrogen-bond donors (Lipinski definition) is 1. The number of Topliss-reactive ketones (excluding diaryl/α,β-unsaturated/α-hetero) is 1. The van der Waals surface area contributed by atoms with Crippen LogP contribution < -0.4 is 5.32 Å². The Morgan fingerprint density at radius 1 is 1.38 bits per heavy atom. The summed E-state index contributed by atoms with van der Waals surface area (Å²) < 4.78 is 0.844. The van der Waals surface area contributed by atoms with Gasteiger partial charge in [-0.2, -0.15) is 0 Å². The van der Waals surface area contributed by atoms with Crippen molar-refractivity contribution >= 4 is 39.4 Å². The van der Waals surface area contributed by atoms with Crippen LogP contribution in [0.15, 0.2) is 34.3 Å². The predicted molar refractivity (Wildman–Crippen MR) is 103 cm³/mol. The van der Waals surface area contributed by atoms with Crippen LogP contribution in [0.1, 0.15) is 38.7 Å². The van der Waals surface area contributed by atoms with Crippen molar-refractivity contribution in [3.8, 4) is 0 Å². The Morgan fingerprint density at radius 2 is 2.12 bits per heavy atom. The number of nitrogens with zero attached hydrogens (tertiary/aromatic N) is 2. The van der Waals surface area contributed by atoms with Crippen LogP contribution in [0.3, 0.4) is 0 Å². The lowest BCUT2D eigenvalue weighted by molar-refractivity contribution is -0.136. The fourth-order valence-corrected chi connectivity index (χ4v) is 3.41. The minimum atomic E-state index is -1.36. The van der Waals surface area contributed by atoms with Gasteiger partial charge in [0.25, 0.3) is 5.91 Å². The largest absolute Gasteiger partial charge is 0.763 e. The molecule has 0 saturated carbocycles. The predicted octanol–water partition coefficient (Wildman–Crippen LogP) is 2.59. The minimum absolute atomic E-state index is 0.147. The van der Waals surface area contributed by atoms with E-state index in [1.807, 2.05) is 31.2 Å². The first-order valence-electron chi connectivity index (χ1n) is 8.48. The van der Waals surface area contributed by atoms with Gasteiger partial charge in [0.15, 0.2) is 5.78 Å². The van der Waals surface area contributed by atoms with Gasteiger partial charge in [-0.15, -0.1) is 0 Å². The Hall–Kier alpha value is -2.24. The van der Waals surface area contributed by atoms with Gasteiger partial charge >= 0.3 is 0 Å². The summed E-state index contributed by atoms with van der Waals surface area (Å²) in [4.78, 5) is 38.9. The lowest BCUT2D eigenvalue weighted by Gasteiger charge is -2.33. The van der Waals surface area contributed by atoms with Gasteiger partial charge in [-0.05, 0) is 31.0 Å². The van der Waals surface area contributed by atoms with E-state index in [2.05, 4.69) is 21.2 Å². The first-order chi connectivity index (χ1) is 12.3. The average Bonchev–Trinajstić information content (AvgIpc) is 2.76. The average molecular weight is 419 g/mol. The van der Waals surface area contributed by atoms with Crippen LogP contribution in [-0.2, 0) is 20.9 Å². The van der Waals surface area contributed by atoms with Gasteiger partial charge in [-0.3, -0.25) is 20.3 Å². The molecule has 1 unspecified atom stereocenters.